The van der Waals surface area contributed by atoms with Crippen LogP contribution >= 0.6 is 11.3 Å². The summed E-state index contributed by atoms with van der Waals surface area (Å²) in [6.07, 6.45) is 1.84. The van der Waals surface area contributed by atoms with Crippen molar-refractivity contribution in [3.63, 3.8) is 0 Å². The molecule has 2 aromatic heterocycles. The Morgan fingerprint density at radius 1 is 1.32 bits per heavy atom. The molecule has 0 saturated carbocycles. The van der Waals surface area contributed by atoms with E-state index in [9.17, 15) is 0 Å². The molecule has 3 heterocycles. The number of hydrogen-bond donors (Lipinski definition) is 1. The summed E-state index contributed by atoms with van der Waals surface area (Å²) in [5.41, 5.74) is 8.07. The average molecular weight is 316 g/mol. The number of aromatic nitrogens is 2. The second kappa shape index (κ2) is 6.74. The minimum atomic E-state index is 0.528. The maximum Gasteiger partial charge on any atom is 0.191 e. The molecule has 7 heteroatoms. The third-order valence-corrected chi connectivity index (χ3v) is 4.47. The summed E-state index contributed by atoms with van der Waals surface area (Å²) in [7, 11) is 0. The van der Waals surface area contributed by atoms with Gasteiger partial charge in [0, 0.05) is 43.4 Å². The zero-order valence-electron chi connectivity index (χ0n) is 12.6. The molecule has 2 N–H and O–H groups in total. The summed E-state index contributed by atoms with van der Waals surface area (Å²) in [6.45, 7) is 6.10. The Balaban J connectivity index is 1.55. The number of pyridine rings is 1. The summed E-state index contributed by atoms with van der Waals surface area (Å²) < 4.78 is 0. The highest BCUT2D eigenvalue weighted by molar-refractivity contribution is 7.13. The normalized spacial score (nSPS) is 16.1. The first-order valence-electron chi connectivity index (χ1n) is 7.34. The van der Waals surface area contributed by atoms with Gasteiger partial charge in [0.25, 0.3) is 0 Å². The van der Waals surface area contributed by atoms with Crippen LogP contribution < -0.4 is 10.6 Å². The van der Waals surface area contributed by atoms with Gasteiger partial charge in [0.15, 0.2) is 11.1 Å². The summed E-state index contributed by atoms with van der Waals surface area (Å²) in [5.74, 6) is 0.599. The average Bonchev–Trinajstić information content (AvgIpc) is 3.07. The lowest BCUT2D eigenvalue weighted by Gasteiger charge is -2.35. The summed E-state index contributed by atoms with van der Waals surface area (Å²) in [4.78, 5) is 17.7. The number of rotatable bonds is 3. The quantitative estimate of drug-likeness (QED) is 0.686. The predicted octanol–water partition coefficient (Wildman–Crippen LogP) is 1.48. The lowest BCUT2D eigenvalue weighted by atomic mass is 10.3. The number of anilines is 1. The van der Waals surface area contributed by atoms with Crippen LogP contribution in [0.3, 0.4) is 0 Å². The number of guanidine groups is 1. The van der Waals surface area contributed by atoms with Gasteiger partial charge in [0.1, 0.15) is 0 Å². The van der Waals surface area contributed by atoms with Gasteiger partial charge < -0.3 is 15.5 Å². The van der Waals surface area contributed by atoms with Crippen molar-refractivity contribution in [1.29, 1.82) is 0 Å². The van der Waals surface area contributed by atoms with Crippen LogP contribution in [0.2, 0.25) is 0 Å². The fourth-order valence-corrected chi connectivity index (χ4v) is 3.15. The Bertz CT molecular complexity index is 631. The summed E-state index contributed by atoms with van der Waals surface area (Å²) in [5, 5.41) is 3.09. The van der Waals surface area contributed by atoms with Gasteiger partial charge >= 0.3 is 0 Å². The minimum Gasteiger partial charge on any atom is -0.370 e. The zero-order chi connectivity index (χ0) is 15.4. The van der Waals surface area contributed by atoms with E-state index < -0.39 is 0 Å². The standard InChI is InChI=1S/C15H20N6S/c1-12-3-2-4-13(19-12)11-18-14(16)20-6-8-21(9-7-20)15-17-5-10-22-15/h2-5,10H,6-9,11H2,1H3,(H2,16,18). The van der Waals surface area contributed by atoms with Gasteiger partial charge in [-0.2, -0.15) is 0 Å². The molecule has 0 amide bonds. The van der Waals surface area contributed by atoms with Crippen LogP contribution in [0.5, 0.6) is 0 Å². The van der Waals surface area contributed by atoms with Crippen molar-refractivity contribution in [1.82, 2.24) is 14.9 Å². The molecule has 116 valence electrons. The maximum absolute atomic E-state index is 6.12. The van der Waals surface area contributed by atoms with Crippen molar-refractivity contribution < 1.29 is 0 Å². The third-order valence-electron chi connectivity index (χ3n) is 3.64. The van der Waals surface area contributed by atoms with Gasteiger partial charge in [-0.05, 0) is 19.1 Å². The van der Waals surface area contributed by atoms with Crippen molar-refractivity contribution in [2.75, 3.05) is 31.1 Å². The number of hydrogen-bond acceptors (Lipinski definition) is 5. The van der Waals surface area contributed by atoms with E-state index in [2.05, 4.69) is 24.8 Å². The Morgan fingerprint density at radius 3 is 2.82 bits per heavy atom. The van der Waals surface area contributed by atoms with E-state index in [1.807, 2.05) is 36.7 Å². The molecule has 0 aliphatic carbocycles. The van der Waals surface area contributed by atoms with Gasteiger partial charge in [-0.15, -0.1) is 11.3 Å². The lowest BCUT2D eigenvalue weighted by Crippen LogP contribution is -2.51. The van der Waals surface area contributed by atoms with Crippen LogP contribution in [0.4, 0.5) is 5.13 Å². The first-order valence-corrected chi connectivity index (χ1v) is 8.22. The van der Waals surface area contributed by atoms with Gasteiger partial charge in [0.05, 0.1) is 12.2 Å². The molecule has 0 aromatic carbocycles. The van der Waals surface area contributed by atoms with Crippen molar-refractivity contribution in [2.24, 2.45) is 10.7 Å². The van der Waals surface area contributed by atoms with E-state index in [0.717, 1.165) is 42.7 Å². The van der Waals surface area contributed by atoms with Crippen LogP contribution in [-0.2, 0) is 6.54 Å². The molecule has 6 nitrogen and oxygen atoms in total. The topological polar surface area (TPSA) is 70.6 Å². The van der Waals surface area contributed by atoms with Crippen molar-refractivity contribution in [3.05, 3.63) is 41.2 Å². The molecule has 0 atom stereocenters. The van der Waals surface area contributed by atoms with Crippen molar-refractivity contribution >= 4 is 22.4 Å². The summed E-state index contributed by atoms with van der Waals surface area (Å²) in [6, 6.07) is 5.95. The first-order chi connectivity index (χ1) is 10.7. The molecule has 1 aliphatic rings. The number of nitrogens with zero attached hydrogens (tertiary/aromatic N) is 5. The van der Waals surface area contributed by atoms with Crippen LogP contribution in [-0.4, -0.2) is 47.0 Å². The molecule has 1 aliphatic heterocycles. The highest BCUT2D eigenvalue weighted by Crippen LogP contribution is 2.18. The second-order valence-electron chi connectivity index (χ2n) is 5.23. The predicted molar refractivity (Wildman–Crippen MR) is 90.2 cm³/mol. The SMILES string of the molecule is Cc1cccc(CN=C(N)N2CCN(c3nccs3)CC2)n1. The molecule has 0 radical (unpaired) electrons. The van der Waals surface area contributed by atoms with Crippen LogP contribution in [0, 0.1) is 6.92 Å². The van der Waals surface area contributed by atoms with E-state index in [1.54, 1.807) is 11.3 Å². The molecule has 2 aromatic rings. The number of aliphatic imine (C=N–C) groups is 1. The van der Waals surface area contributed by atoms with Gasteiger partial charge in [-0.3, -0.25) is 4.98 Å². The first kappa shape index (κ1) is 14.8. The van der Waals surface area contributed by atoms with Gasteiger partial charge in [-0.1, -0.05) is 6.07 Å². The second-order valence-corrected chi connectivity index (χ2v) is 6.11. The van der Waals surface area contributed by atoms with Crippen molar-refractivity contribution in [3.8, 4) is 0 Å². The molecular weight excluding hydrogens is 296 g/mol. The van der Waals surface area contributed by atoms with Crippen molar-refractivity contribution in [2.45, 2.75) is 13.5 Å². The van der Waals surface area contributed by atoms with E-state index in [1.165, 1.54) is 0 Å². The molecule has 0 unspecified atom stereocenters. The number of nitrogens with two attached hydrogens (primary N) is 1. The van der Waals surface area contributed by atoms with E-state index >= 15 is 0 Å². The largest absolute Gasteiger partial charge is 0.370 e. The van der Waals surface area contributed by atoms with Gasteiger partial charge in [-0.25, -0.2) is 9.98 Å². The van der Waals surface area contributed by atoms with Crippen LogP contribution in [0.1, 0.15) is 11.4 Å². The highest BCUT2D eigenvalue weighted by atomic mass is 32.1. The van der Waals surface area contributed by atoms with E-state index in [4.69, 9.17) is 5.73 Å². The Labute approximate surface area is 134 Å². The molecule has 1 fully saturated rings. The molecule has 22 heavy (non-hydrogen) atoms. The Hall–Kier alpha value is -2.15. The minimum absolute atomic E-state index is 0.528. The number of thiazole rings is 1. The van der Waals surface area contributed by atoms with Gasteiger partial charge in [0.2, 0.25) is 0 Å². The molecular formula is C15H20N6S. The fraction of sp³-hybridized carbons (Fsp3) is 0.400. The third kappa shape index (κ3) is 3.54. The molecule has 1 saturated heterocycles. The van der Waals surface area contributed by atoms with Crippen LogP contribution in [0.15, 0.2) is 34.8 Å². The Kier molecular flexibility index (Phi) is 4.53. The maximum atomic E-state index is 6.12. The smallest absolute Gasteiger partial charge is 0.191 e. The van der Waals surface area contributed by atoms with E-state index in [0.29, 0.717) is 12.5 Å². The number of aryl methyl sites for hydroxylation is 1. The van der Waals surface area contributed by atoms with E-state index in [-0.39, 0.29) is 0 Å². The summed E-state index contributed by atoms with van der Waals surface area (Å²) >= 11 is 1.67. The molecule has 3 rings (SSSR count). The molecule has 0 spiro atoms. The highest BCUT2D eigenvalue weighted by Gasteiger charge is 2.19. The zero-order valence-corrected chi connectivity index (χ0v) is 13.5. The molecule has 0 bridgehead atoms. The monoisotopic (exact) mass is 316 g/mol. The van der Waals surface area contributed by atoms with Crippen LogP contribution in [0.25, 0.3) is 0 Å². The Morgan fingerprint density at radius 2 is 2.14 bits per heavy atom. The fourth-order valence-electron chi connectivity index (χ4n) is 2.45. The lowest BCUT2D eigenvalue weighted by molar-refractivity contribution is 0.380. The number of piperazine rings is 1.